The standard InChI is InChI=1S/C14H20F2N2O2/c1-14(2,3)20-13(19)18-9-5-8-17-12-10(15)6-4-7-11(12)16/h4,6-7,17H,5,8-9H2,1-3H3,(H,18,19). The molecule has 0 aromatic heterocycles. The third-order valence-electron chi connectivity index (χ3n) is 2.29. The molecule has 2 N–H and O–H groups in total. The lowest BCUT2D eigenvalue weighted by Gasteiger charge is -2.19. The second-order valence-electron chi connectivity index (χ2n) is 5.31. The number of ether oxygens (including phenoxy) is 1. The number of carbonyl (C=O) groups excluding carboxylic acids is 1. The van der Waals surface area contributed by atoms with Gasteiger partial charge in [0.15, 0.2) is 0 Å². The molecule has 0 aliphatic heterocycles. The van der Waals surface area contributed by atoms with Crippen LogP contribution in [-0.4, -0.2) is 24.8 Å². The highest BCUT2D eigenvalue weighted by Crippen LogP contribution is 2.17. The van der Waals surface area contributed by atoms with Gasteiger partial charge in [0, 0.05) is 13.1 Å². The molecule has 0 aliphatic carbocycles. The Balaban J connectivity index is 2.24. The van der Waals surface area contributed by atoms with E-state index in [-0.39, 0.29) is 5.69 Å². The van der Waals surface area contributed by atoms with Gasteiger partial charge in [-0.3, -0.25) is 0 Å². The first-order valence-electron chi connectivity index (χ1n) is 6.44. The van der Waals surface area contributed by atoms with Gasteiger partial charge in [0.1, 0.15) is 22.9 Å². The number of nitrogens with one attached hydrogen (secondary N) is 2. The molecular weight excluding hydrogens is 266 g/mol. The number of carbonyl (C=O) groups is 1. The third kappa shape index (κ3) is 5.86. The summed E-state index contributed by atoms with van der Waals surface area (Å²) in [6.45, 7) is 6.02. The fourth-order valence-corrected chi connectivity index (χ4v) is 1.47. The van der Waals surface area contributed by atoms with E-state index in [4.69, 9.17) is 4.74 Å². The smallest absolute Gasteiger partial charge is 0.407 e. The van der Waals surface area contributed by atoms with E-state index in [2.05, 4.69) is 10.6 Å². The van der Waals surface area contributed by atoms with Gasteiger partial charge in [-0.15, -0.1) is 0 Å². The van der Waals surface area contributed by atoms with Crippen molar-refractivity contribution in [3.63, 3.8) is 0 Å². The topological polar surface area (TPSA) is 50.4 Å². The van der Waals surface area contributed by atoms with Crippen molar-refractivity contribution < 1.29 is 18.3 Å². The zero-order chi connectivity index (χ0) is 15.2. The largest absolute Gasteiger partial charge is 0.444 e. The Labute approximate surface area is 117 Å². The first-order chi connectivity index (χ1) is 9.29. The van der Waals surface area contributed by atoms with Crippen LogP contribution in [0.15, 0.2) is 18.2 Å². The van der Waals surface area contributed by atoms with Gasteiger partial charge >= 0.3 is 6.09 Å². The van der Waals surface area contributed by atoms with E-state index in [0.717, 1.165) is 0 Å². The van der Waals surface area contributed by atoms with Crippen LogP contribution in [0.25, 0.3) is 0 Å². The van der Waals surface area contributed by atoms with Crippen LogP contribution in [0.2, 0.25) is 0 Å². The predicted molar refractivity (Wildman–Crippen MR) is 73.7 cm³/mol. The first-order valence-corrected chi connectivity index (χ1v) is 6.44. The molecule has 1 amide bonds. The molecule has 0 fully saturated rings. The molecule has 1 aromatic rings. The number of amides is 1. The van der Waals surface area contributed by atoms with Crippen molar-refractivity contribution in [2.24, 2.45) is 0 Å². The number of rotatable bonds is 5. The lowest BCUT2D eigenvalue weighted by Crippen LogP contribution is -2.33. The highest BCUT2D eigenvalue weighted by atomic mass is 19.1. The number of anilines is 1. The molecule has 0 unspecified atom stereocenters. The second-order valence-corrected chi connectivity index (χ2v) is 5.31. The number of hydrogen-bond donors (Lipinski definition) is 2. The SMILES string of the molecule is CC(C)(C)OC(=O)NCCCNc1c(F)cccc1F. The summed E-state index contributed by atoms with van der Waals surface area (Å²) in [4.78, 5) is 11.3. The second kappa shape index (κ2) is 7.07. The molecule has 0 saturated heterocycles. The predicted octanol–water partition coefficient (Wildman–Crippen LogP) is 3.29. The minimum absolute atomic E-state index is 0.148. The average molecular weight is 286 g/mol. The molecule has 0 heterocycles. The zero-order valence-corrected chi connectivity index (χ0v) is 11.9. The van der Waals surface area contributed by atoms with Gasteiger partial charge in [-0.2, -0.15) is 0 Å². The molecule has 0 saturated carbocycles. The lowest BCUT2D eigenvalue weighted by molar-refractivity contribution is 0.0528. The Bertz CT molecular complexity index is 439. The summed E-state index contributed by atoms with van der Waals surface area (Å²) in [5.41, 5.74) is -0.691. The van der Waals surface area contributed by atoms with Crippen molar-refractivity contribution in [1.82, 2.24) is 5.32 Å². The molecule has 112 valence electrons. The lowest BCUT2D eigenvalue weighted by atomic mass is 10.2. The number of para-hydroxylation sites is 1. The Morgan fingerprint density at radius 2 is 1.80 bits per heavy atom. The van der Waals surface area contributed by atoms with E-state index in [0.29, 0.717) is 19.5 Å². The monoisotopic (exact) mass is 286 g/mol. The number of hydrogen-bond acceptors (Lipinski definition) is 3. The Kier molecular flexibility index (Phi) is 5.73. The summed E-state index contributed by atoms with van der Waals surface area (Å²) < 4.78 is 31.6. The van der Waals surface area contributed by atoms with Gasteiger partial charge < -0.3 is 15.4 Å². The van der Waals surface area contributed by atoms with Gasteiger partial charge in [-0.1, -0.05) is 6.07 Å². The zero-order valence-electron chi connectivity index (χ0n) is 11.9. The molecule has 20 heavy (non-hydrogen) atoms. The number of halogens is 2. The summed E-state index contributed by atoms with van der Waals surface area (Å²) >= 11 is 0. The van der Waals surface area contributed by atoms with Crippen LogP contribution in [0.3, 0.4) is 0 Å². The maximum Gasteiger partial charge on any atom is 0.407 e. The normalized spacial score (nSPS) is 11.1. The van der Waals surface area contributed by atoms with E-state index in [1.165, 1.54) is 18.2 Å². The maximum atomic E-state index is 13.3. The Morgan fingerprint density at radius 3 is 2.35 bits per heavy atom. The molecule has 6 heteroatoms. The molecule has 1 rings (SSSR count). The van der Waals surface area contributed by atoms with Gasteiger partial charge in [0.05, 0.1) is 0 Å². The van der Waals surface area contributed by atoms with Crippen LogP contribution >= 0.6 is 0 Å². The van der Waals surface area contributed by atoms with Gasteiger partial charge in [-0.05, 0) is 39.3 Å². The van der Waals surface area contributed by atoms with E-state index in [1.54, 1.807) is 20.8 Å². The minimum Gasteiger partial charge on any atom is -0.444 e. The van der Waals surface area contributed by atoms with Crippen LogP contribution in [0, 0.1) is 11.6 Å². The molecule has 0 atom stereocenters. The quantitative estimate of drug-likeness (QED) is 0.817. The summed E-state index contributed by atoms with van der Waals surface area (Å²) in [5, 5.41) is 5.23. The first kappa shape index (κ1) is 16.2. The van der Waals surface area contributed by atoms with Crippen molar-refractivity contribution >= 4 is 11.8 Å². The fraction of sp³-hybridized carbons (Fsp3) is 0.500. The van der Waals surface area contributed by atoms with Crippen LogP contribution in [0.1, 0.15) is 27.2 Å². The maximum absolute atomic E-state index is 13.3. The molecule has 0 spiro atoms. The molecule has 0 bridgehead atoms. The molecule has 4 nitrogen and oxygen atoms in total. The fourth-order valence-electron chi connectivity index (χ4n) is 1.47. The Morgan fingerprint density at radius 1 is 1.20 bits per heavy atom. The minimum atomic E-state index is -0.634. The van der Waals surface area contributed by atoms with Gasteiger partial charge in [-0.25, -0.2) is 13.6 Å². The van der Waals surface area contributed by atoms with E-state index >= 15 is 0 Å². The molecular formula is C14H20F2N2O2. The summed E-state index contributed by atoms with van der Waals surface area (Å²) in [5.74, 6) is -1.27. The molecule has 0 aliphatic rings. The van der Waals surface area contributed by atoms with Crippen molar-refractivity contribution in [3.8, 4) is 0 Å². The summed E-state index contributed by atoms with van der Waals surface area (Å²) in [6.07, 6.45) is 0.0158. The van der Waals surface area contributed by atoms with Crippen molar-refractivity contribution in [3.05, 3.63) is 29.8 Å². The van der Waals surface area contributed by atoms with Gasteiger partial charge in [0.25, 0.3) is 0 Å². The van der Waals surface area contributed by atoms with E-state index in [1.807, 2.05) is 0 Å². The summed E-state index contributed by atoms with van der Waals surface area (Å²) in [6, 6.07) is 3.68. The highest BCUT2D eigenvalue weighted by Gasteiger charge is 2.15. The van der Waals surface area contributed by atoms with Crippen LogP contribution in [-0.2, 0) is 4.74 Å². The highest BCUT2D eigenvalue weighted by molar-refractivity contribution is 5.67. The number of benzene rings is 1. The van der Waals surface area contributed by atoms with Crippen molar-refractivity contribution in [2.75, 3.05) is 18.4 Å². The molecule has 1 aromatic carbocycles. The number of alkyl carbamates (subject to hydrolysis) is 1. The van der Waals surface area contributed by atoms with Crippen molar-refractivity contribution in [2.45, 2.75) is 32.8 Å². The van der Waals surface area contributed by atoms with Crippen LogP contribution in [0.4, 0.5) is 19.3 Å². The van der Waals surface area contributed by atoms with Crippen LogP contribution in [0.5, 0.6) is 0 Å². The Hall–Kier alpha value is -1.85. The van der Waals surface area contributed by atoms with E-state index < -0.39 is 23.3 Å². The average Bonchev–Trinajstić information content (AvgIpc) is 2.29. The van der Waals surface area contributed by atoms with E-state index in [9.17, 15) is 13.6 Å². The van der Waals surface area contributed by atoms with Gasteiger partial charge in [0.2, 0.25) is 0 Å². The summed E-state index contributed by atoms with van der Waals surface area (Å²) in [7, 11) is 0. The molecule has 0 radical (unpaired) electrons. The third-order valence-corrected chi connectivity index (χ3v) is 2.29. The van der Waals surface area contributed by atoms with Crippen molar-refractivity contribution in [1.29, 1.82) is 0 Å². The van der Waals surface area contributed by atoms with Crippen LogP contribution < -0.4 is 10.6 Å².